The van der Waals surface area contributed by atoms with Crippen LogP contribution in [-0.2, 0) is 16.2 Å². The third-order valence-corrected chi connectivity index (χ3v) is 6.39. The number of pyridine rings is 1. The van der Waals surface area contributed by atoms with Gasteiger partial charge in [0.1, 0.15) is 5.69 Å². The van der Waals surface area contributed by atoms with Crippen molar-refractivity contribution in [3.63, 3.8) is 0 Å². The summed E-state index contributed by atoms with van der Waals surface area (Å²) in [5.41, 5.74) is -0.686. The number of carbonyl (C=O) groups excluding carboxylic acids is 1. The number of halogens is 3. The molecule has 0 spiro atoms. The molecule has 3 heterocycles. The minimum atomic E-state index is -4.54. The van der Waals surface area contributed by atoms with E-state index < -0.39 is 27.7 Å². The first-order valence-corrected chi connectivity index (χ1v) is 9.84. The van der Waals surface area contributed by atoms with Crippen molar-refractivity contribution >= 4 is 15.9 Å². The first kappa shape index (κ1) is 21.5. The highest BCUT2D eigenvalue weighted by Gasteiger charge is 2.34. The second kappa shape index (κ2) is 7.23. The molecule has 0 aliphatic rings. The van der Waals surface area contributed by atoms with Crippen LogP contribution in [-0.4, -0.2) is 45.6 Å². The highest BCUT2D eigenvalue weighted by molar-refractivity contribution is 7.89. The molecule has 0 fully saturated rings. The van der Waals surface area contributed by atoms with E-state index in [0.717, 1.165) is 30.1 Å². The van der Waals surface area contributed by atoms with E-state index in [4.69, 9.17) is 4.52 Å². The van der Waals surface area contributed by atoms with Crippen LogP contribution < -0.4 is 0 Å². The first-order chi connectivity index (χ1) is 13.9. The monoisotopic (exact) mass is 443 g/mol. The lowest BCUT2D eigenvalue weighted by Crippen LogP contribution is -2.34. The molecule has 3 aromatic heterocycles. The second-order valence-corrected chi connectivity index (χ2v) is 8.30. The molecule has 0 aromatic carbocycles. The van der Waals surface area contributed by atoms with Gasteiger partial charge in [0.15, 0.2) is 16.5 Å². The third-order valence-electron chi connectivity index (χ3n) is 4.40. The van der Waals surface area contributed by atoms with Gasteiger partial charge in [-0.2, -0.15) is 18.3 Å². The van der Waals surface area contributed by atoms with Crippen molar-refractivity contribution in [2.75, 3.05) is 7.05 Å². The Kier molecular flexibility index (Phi) is 5.18. The van der Waals surface area contributed by atoms with Crippen LogP contribution in [0, 0.1) is 20.8 Å². The standard InChI is InChI=1S/C17H16F3N5O4S/c1-9-15(11(3)29-23-9)30(27,28)24(4)16(26)13-8-22-25(10(13)2)14-6-5-12(7-21-14)17(18,19)20/h5-8H,1-4H3. The predicted octanol–water partition coefficient (Wildman–Crippen LogP) is 2.66. The normalized spacial score (nSPS) is 12.2. The molecular formula is C17H16F3N5O4S. The number of hydrogen-bond donors (Lipinski definition) is 0. The fourth-order valence-electron chi connectivity index (χ4n) is 2.79. The largest absolute Gasteiger partial charge is 0.417 e. The molecule has 1 amide bonds. The Bertz CT molecular complexity index is 1190. The SMILES string of the molecule is Cc1noc(C)c1S(=O)(=O)N(C)C(=O)c1cnn(-c2ccc(C(F)(F)F)cn2)c1C. The van der Waals surface area contributed by atoms with Crippen LogP contribution in [0.5, 0.6) is 0 Å². The highest BCUT2D eigenvalue weighted by Crippen LogP contribution is 2.29. The lowest BCUT2D eigenvalue weighted by Gasteiger charge is -2.17. The van der Waals surface area contributed by atoms with Gasteiger partial charge in [0, 0.05) is 13.2 Å². The number of rotatable bonds is 4. The Morgan fingerprint density at radius 3 is 2.33 bits per heavy atom. The molecule has 0 bridgehead atoms. The van der Waals surface area contributed by atoms with Crippen LogP contribution in [0.2, 0.25) is 0 Å². The van der Waals surface area contributed by atoms with Crippen molar-refractivity contribution in [1.29, 1.82) is 0 Å². The van der Waals surface area contributed by atoms with Crippen LogP contribution >= 0.6 is 0 Å². The summed E-state index contributed by atoms with van der Waals surface area (Å²) >= 11 is 0. The smallest absolute Gasteiger partial charge is 0.360 e. The molecule has 0 radical (unpaired) electrons. The molecule has 13 heteroatoms. The Labute approximate surface area is 169 Å². The van der Waals surface area contributed by atoms with Gasteiger partial charge in [-0.05, 0) is 32.9 Å². The fourth-order valence-corrected chi connectivity index (χ4v) is 4.19. The summed E-state index contributed by atoms with van der Waals surface area (Å²) in [4.78, 5) is 16.3. The number of carbonyl (C=O) groups is 1. The predicted molar refractivity (Wildman–Crippen MR) is 96.4 cm³/mol. The van der Waals surface area contributed by atoms with E-state index in [-0.39, 0.29) is 33.4 Å². The van der Waals surface area contributed by atoms with Crippen molar-refractivity contribution in [3.8, 4) is 5.82 Å². The lowest BCUT2D eigenvalue weighted by atomic mass is 10.2. The van der Waals surface area contributed by atoms with Crippen molar-refractivity contribution in [3.05, 3.63) is 52.8 Å². The van der Waals surface area contributed by atoms with E-state index in [1.807, 2.05) is 0 Å². The van der Waals surface area contributed by atoms with E-state index in [1.165, 1.54) is 20.8 Å². The summed E-state index contributed by atoms with van der Waals surface area (Å²) in [7, 11) is -3.17. The number of aryl methyl sites for hydroxylation is 2. The average Bonchev–Trinajstić information content (AvgIpc) is 3.22. The van der Waals surface area contributed by atoms with Gasteiger partial charge in [-0.1, -0.05) is 5.16 Å². The fraction of sp³-hybridized carbons (Fsp3) is 0.294. The summed E-state index contributed by atoms with van der Waals surface area (Å²) < 4.78 is 70.3. The van der Waals surface area contributed by atoms with E-state index in [2.05, 4.69) is 15.2 Å². The quantitative estimate of drug-likeness (QED) is 0.609. The van der Waals surface area contributed by atoms with Gasteiger partial charge in [0.05, 0.1) is 23.0 Å². The summed E-state index contributed by atoms with van der Waals surface area (Å²) in [6.07, 6.45) is -2.77. The van der Waals surface area contributed by atoms with E-state index in [0.29, 0.717) is 10.5 Å². The Morgan fingerprint density at radius 2 is 1.83 bits per heavy atom. The van der Waals surface area contributed by atoms with E-state index >= 15 is 0 Å². The number of nitrogens with zero attached hydrogens (tertiary/aromatic N) is 5. The van der Waals surface area contributed by atoms with Crippen LogP contribution in [0.15, 0.2) is 33.9 Å². The number of sulfonamides is 1. The maximum atomic E-state index is 12.8. The average molecular weight is 443 g/mol. The van der Waals surface area contributed by atoms with Crippen LogP contribution in [0.3, 0.4) is 0 Å². The van der Waals surface area contributed by atoms with Crippen molar-refractivity contribution in [2.24, 2.45) is 0 Å². The maximum Gasteiger partial charge on any atom is 0.417 e. The molecule has 0 aliphatic carbocycles. The zero-order valence-electron chi connectivity index (χ0n) is 16.2. The molecule has 160 valence electrons. The molecule has 0 unspecified atom stereocenters. The van der Waals surface area contributed by atoms with Crippen LogP contribution in [0.25, 0.3) is 5.82 Å². The Morgan fingerprint density at radius 1 is 1.17 bits per heavy atom. The summed E-state index contributed by atoms with van der Waals surface area (Å²) in [5.74, 6) is -0.810. The van der Waals surface area contributed by atoms with E-state index in [9.17, 15) is 26.4 Å². The van der Waals surface area contributed by atoms with Crippen molar-refractivity contribution in [2.45, 2.75) is 31.8 Å². The van der Waals surface area contributed by atoms with Gasteiger partial charge >= 0.3 is 6.18 Å². The summed E-state index contributed by atoms with van der Waals surface area (Å²) in [6.45, 7) is 4.31. The molecule has 9 nitrogen and oxygen atoms in total. The molecular weight excluding hydrogens is 427 g/mol. The van der Waals surface area contributed by atoms with Gasteiger partial charge in [-0.25, -0.2) is 22.4 Å². The lowest BCUT2D eigenvalue weighted by molar-refractivity contribution is -0.137. The van der Waals surface area contributed by atoms with Crippen molar-refractivity contribution in [1.82, 2.24) is 24.2 Å². The molecule has 0 aliphatic heterocycles. The van der Waals surface area contributed by atoms with Gasteiger partial charge in [-0.3, -0.25) is 4.79 Å². The number of amides is 1. The maximum absolute atomic E-state index is 12.8. The first-order valence-electron chi connectivity index (χ1n) is 8.40. The molecule has 0 atom stereocenters. The number of hydrogen-bond acceptors (Lipinski definition) is 7. The van der Waals surface area contributed by atoms with Gasteiger partial charge < -0.3 is 4.52 Å². The number of aromatic nitrogens is 4. The minimum Gasteiger partial charge on any atom is -0.360 e. The summed E-state index contributed by atoms with van der Waals surface area (Å²) in [6, 6.07) is 1.93. The Hall–Kier alpha value is -3.22. The summed E-state index contributed by atoms with van der Waals surface area (Å²) in [5, 5.41) is 7.55. The molecule has 30 heavy (non-hydrogen) atoms. The van der Waals surface area contributed by atoms with Crippen LogP contribution in [0.4, 0.5) is 13.2 Å². The van der Waals surface area contributed by atoms with E-state index in [1.54, 1.807) is 0 Å². The van der Waals surface area contributed by atoms with Gasteiger partial charge in [-0.15, -0.1) is 0 Å². The highest BCUT2D eigenvalue weighted by atomic mass is 32.2. The Balaban J connectivity index is 1.94. The zero-order chi connectivity index (χ0) is 22.4. The number of alkyl halides is 3. The third kappa shape index (κ3) is 3.56. The van der Waals surface area contributed by atoms with Gasteiger partial charge in [0.25, 0.3) is 15.9 Å². The minimum absolute atomic E-state index is 0.0357. The topological polar surface area (TPSA) is 111 Å². The van der Waals surface area contributed by atoms with Crippen LogP contribution in [0.1, 0.15) is 33.1 Å². The molecule has 0 N–H and O–H groups in total. The molecule has 0 saturated carbocycles. The molecule has 3 rings (SSSR count). The zero-order valence-corrected chi connectivity index (χ0v) is 17.0. The molecule has 0 saturated heterocycles. The second-order valence-electron chi connectivity index (χ2n) is 6.39. The van der Waals surface area contributed by atoms with Gasteiger partial charge in [0.2, 0.25) is 0 Å². The molecule has 3 aromatic rings. The van der Waals surface area contributed by atoms with Crippen molar-refractivity contribution < 1.29 is 30.9 Å².